The Hall–Kier alpha value is -4.71. The molecule has 0 spiro atoms. The Morgan fingerprint density at radius 2 is 0.534 bits per heavy atom. The molecular formula is C67H106O6. The fraction of sp³-hybridized carbons (Fsp3) is 0.597. The Morgan fingerprint density at radius 3 is 0.863 bits per heavy atom. The van der Waals surface area contributed by atoms with Crippen molar-refractivity contribution in [3.63, 3.8) is 0 Å². The molecule has 73 heavy (non-hydrogen) atoms. The van der Waals surface area contributed by atoms with Gasteiger partial charge < -0.3 is 14.2 Å². The third kappa shape index (κ3) is 58.1. The largest absolute Gasteiger partial charge is 0.462 e. The predicted octanol–water partition coefficient (Wildman–Crippen LogP) is 20.0. The summed E-state index contributed by atoms with van der Waals surface area (Å²) in [5, 5.41) is 0. The van der Waals surface area contributed by atoms with Gasteiger partial charge in [-0.1, -0.05) is 224 Å². The third-order valence-electron chi connectivity index (χ3n) is 11.8. The van der Waals surface area contributed by atoms with Crippen LogP contribution in [0.4, 0.5) is 0 Å². The van der Waals surface area contributed by atoms with E-state index in [-0.39, 0.29) is 37.5 Å². The molecule has 0 aromatic rings. The van der Waals surface area contributed by atoms with E-state index < -0.39 is 6.10 Å². The molecule has 0 N–H and O–H groups in total. The molecule has 6 heteroatoms. The molecule has 0 aliphatic rings. The number of allylic oxidation sites excluding steroid dienone is 24. The second-order valence-corrected chi connectivity index (χ2v) is 18.8. The number of rotatable bonds is 51. The summed E-state index contributed by atoms with van der Waals surface area (Å²) < 4.78 is 16.8. The Bertz CT molecular complexity index is 1630. The molecule has 0 heterocycles. The highest BCUT2D eigenvalue weighted by atomic mass is 16.6. The topological polar surface area (TPSA) is 78.9 Å². The van der Waals surface area contributed by atoms with Gasteiger partial charge in [-0.25, -0.2) is 0 Å². The van der Waals surface area contributed by atoms with E-state index in [0.717, 1.165) is 161 Å². The summed E-state index contributed by atoms with van der Waals surface area (Å²) in [4.78, 5) is 38.1. The predicted molar refractivity (Wildman–Crippen MR) is 315 cm³/mol. The summed E-state index contributed by atoms with van der Waals surface area (Å²) in [6.07, 6.45) is 85.6. The minimum atomic E-state index is -0.813. The van der Waals surface area contributed by atoms with E-state index in [1.807, 2.05) is 0 Å². The maximum Gasteiger partial charge on any atom is 0.306 e. The highest BCUT2D eigenvalue weighted by Gasteiger charge is 2.19. The number of unbranched alkanes of at least 4 members (excludes halogenated alkanes) is 16. The van der Waals surface area contributed by atoms with Crippen LogP contribution >= 0.6 is 0 Å². The number of esters is 3. The average Bonchev–Trinajstić information content (AvgIpc) is 3.39. The molecule has 6 nitrogen and oxygen atoms in total. The lowest BCUT2D eigenvalue weighted by Gasteiger charge is -2.18. The highest BCUT2D eigenvalue weighted by Crippen LogP contribution is 2.13. The van der Waals surface area contributed by atoms with Crippen molar-refractivity contribution in [3.05, 3.63) is 146 Å². The molecule has 0 fully saturated rings. The molecule has 410 valence electrons. The zero-order chi connectivity index (χ0) is 52.9. The van der Waals surface area contributed by atoms with Crippen LogP contribution in [0, 0.1) is 0 Å². The molecule has 0 saturated heterocycles. The first kappa shape index (κ1) is 68.3. The quantitative estimate of drug-likeness (QED) is 0.0261. The van der Waals surface area contributed by atoms with Gasteiger partial charge in [0, 0.05) is 19.3 Å². The van der Waals surface area contributed by atoms with Crippen LogP contribution in [0.3, 0.4) is 0 Å². The van der Waals surface area contributed by atoms with Gasteiger partial charge in [0.15, 0.2) is 6.10 Å². The third-order valence-corrected chi connectivity index (χ3v) is 11.8. The first-order valence-electron chi connectivity index (χ1n) is 29.3. The molecule has 0 aromatic carbocycles. The van der Waals surface area contributed by atoms with Gasteiger partial charge in [-0.3, -0.25) is 14.4 Å². The fourth-order valence-electron chi connectivity index (χ4n) is 7.47. The van der Waals surface area contributed by atoms with Crippen molar-refractivity contribution in [1.82, 2.24) is 0 Å². The summed E-state index contributed by atoms with van der Waals surface area (Å²) in [5.41, 5.74) is 0. The van der Waals surface area contributed by atoms with Gasteiger partial charge in [-0.05, 0) is 141 Å². The lowest BCUT2D eigenvalue weighted by atomic mass is 10.1. The summed E-state index contributed by atoms with van der Waals surface area (Å²) in [5.74, 6) is -0.979. The number of hydrogen-bond donors (Lipinski definition) is 0. The van der Waals surface area contributed by atoms with Crippen molar-refractivity contribution < 1.29 is 28.6 Å². The summed E-state index contributed by atoms with van der Waals surface area (Å²) in [6.45, 7) is 6.32. The summed E-state index contributed by atoms with van der Waals surface area (Å²) in [6, 6.07) is 0. The van der Waals surface area contributed by atoms with Crippen molar-refractivity contribution in [1.29, 1.82) is 0 Å². The van der Waals surface area contributed by atoms with E-state index in [1.54, 1.807) is 0 Å². The Kier molecular flexibility index (Phi) is 56.0. The minimum absolute atomic E-state index is 0.108. The second kappa shape index (κ2) is 59.8. The van der Waals surface area contributed by atoms with Crippen LogP contribution < -0.4 is 0 Å². The zero-order valence-corrected chi connectivity index (χ0v) is 46.8. The van der Waals surface area contributed by atoms with Crippen LogP contribution in [0.25, 0.3) is 0 Å². The minimum Gasteiger partial charge on any atom is -0.462 e. The van der Waals surface area contributed by atoms with Gasteiger partial charge in [0.05, 0.1) is 0 Å². The first-order valence-corrected chi connectivity index (χ1v) is 29.3. The molecule has 0 aromatic heterocycles. The molecular weight excluding hydrogens is 901 g/mol. The number of carbonyl (C=O) groups excluding carboxylic acids is 3. The molecule has 0 bridgehead atoms. The zero-order valence-electron chi connectivity index (χ0n) is 46.8. The van der Waals surface area contributed by atoms with Gasteiger partial charge >= 0.3 is 17.9 Å². The van der Waals surface area contributed by atoms with Crippen LogP contribution in [-0.2, 0) is 28.6 Å². The van der Waals surface area contributed by atoms with Crippen LogP contribution in [0.15, 0.2) is 146 Å². The van der Waals surface area contributed by atoms with E-state index in [0.29, 0.717) is 12.8 Å². The SMILES string of the molecule is CC/C=C\C/C=C\C/C=C\C/C=C\C/C=C\C/C=C\C/C=C\C/C=C\CCCCCCC(=O)OCC(COC(=O)CCCCCCC/C=C\CCCCCC)OC(=O)CCCCC/C=C\C/C=C\C/C=C\CC. The standard InChI is InChI=1S/C67H106O6/c1-4-7-10-13-16-19-22-25-26-27-28-29-30-31-32-33-34-35-36-37-38-39-40-43-45-48-51-54-57-60-66(69)72-63-64(73-67(70)61-58-55-52-49-46-42-24-21-18-15-12-9-6-3)62-71-65(68)59-56-53-50-47-44-41-23-20-17-14-11-8-5-2/h7,9-10,12,16,18-21,23,25-26,28-29,31-32,34-35,37-38,40,42-43,46,64H,4-6,8,11,13-15,17,22,24,27,30,33,36,39,41,44-45,47-63H2,1-3H3/b10-7-,12-9-,19-16-,21-18-,23-20-,26-25-,29-28-,32-31-,35-34-,38-37-,43-40-,46-42-. The van der Waals surface area contributed by atoms with Crippen molar-refractivity contribution in [3.8, 4) is 0 Å². The average molecular weight is 1010 g/mol. The van der Waals surface area contributed by atoms with E-state index in [9.17, 15) is 14.4 Å². The van der Waals surface area contributed by atoms with Crippen molar-refractivity contribution in [2.24, 2.45) is 0 Å². The molecule has 0 radical (unpaired) electrons. The van der Waals surface area contributed by atoms with E-state index in [1.165, 1.54) is 38.5 Å². The number of ether oxygens (including phenoxy) is 3. The Morgan fingerprint density at radius 1 is 0.288 bits per heavy atom. The maximum atomic E-state index is 12.8. The molecule has 0 aliphatic carbocycles. The van der Waals surface area contributed by atoms with E-state index in [4.69, 9.17) is 14.2 Å². The van der Waals surface area contributed by atoms with Gasteiger partial charge in [0.25, 0.3) is 0 Å². The maximum absolute atomic E-state index is 12.8. The lowest BCUT2D eigenvalue weighted by molar-refractivity contribution is -0.167. The number of hydrogen-bond acceptors (Lipinski definition) is 6. The molecule has 0 saturated carbocycles. The first-order chi connectivity index (χ1) is 36.0. The summed E-state index contributed by atoms with van der Waals surface area (Å²) >= 11 is 0. The Labute approximate surface area is 448 Å². The van der Waals surface area contributed by atoms with Gasteiger partial charge in [-0.15, -0.1) is 0 Å². The molecule has 0 amide bonds. The highest BCUT2D eigenvalue weighted by molar-refractivity contribution is 5.71. The molecule has 1 atom stereocenters. The fourth-order valence-corrected chi connectivity index (χ4v) is 7.47. The normalized spacial score (nSPS) is 13.2. The smallest absolute Gasteiger partial charge is 0.306 e. The van der Waals surface area contributed by atoms with Crippen LogP contribution in [0.2, 0.25) is 0 Å². The van der Waals surface area contributed by atoms with Gasteiger partial charge in [0.1, 0.15) is 13.2 Å². The van der Waals surface area contributed by atoms with Gasteiger partial charge in [-0.2, -0.15) is 0 Å². The second-order valence-electron chi connectivity index (χ2n) is 18.8. The monoisotopic (exact) mass is 1010 g/mol. The van der Waals surface area contributed by atoms with Gasteiger partial charge in [0.2, 0.25) is 0 Å². The van der Waals surface area contributed by atoms with Crippen molar-refractivity contribution in [2.45, 2.75) is 245 Å². The van der Waals surface area contributed by atoms with Crippen molar-refractivity contribution >= 4 is 17.9 Å². The lowest BCUT2D eigenvalue weighted by Crippen LogP contribution is -2.30. The van der Waals surface area contributed by atoms with E-state index >= 15 is 0 Å². The van der Waals surface area contributed by atoms with Crippen molar-refractivity contribution in [2.75, 3.05) is 13.2 Å². The molecule has 1 unspecified atom stereocenters. The molecule has 0 rings (SSSR count). The summed E-state index contributed by atoms with van der Waals surface area (Å²) in [7, 11) is 0. The van der Waals surface area contributed by atoms with Crippen LogP contribution in [-0.4, -0.2) is 37.2 Å². The van der Waals surface area contributed by atoms with Crippen LogP contribution in [0.5, 0.6) is 0 Å². The molecule has 0 aliphatic heterocycles. The van der Waals surface area contributed by atoms with E-state index in [2.05, 4.69) is 167 Å². The number of carbonyl (C=O) groups is 3. The Balaban J connectivity index is 4.39. The van der Waals surface area contributed by atoms with Crippen LogP contribution in [0.1, 0.15) is 239 Å².